The molecule has 2 rings (SSSR count). The van der Waals surface area contributed by atoms with Crippen LogP contribution in [0.15, 0.2) is 22.0 Å². The highest BCUT2D eigenvalue weighted by Crippen LogP contribution is 2.14. The van der Waals surface area contributed by atoms with Crippen LogP contribution in [0.2, 0.25) is 0 Å². The Labute approximate surface area is 127 Å². The Morgan fingerprint density at radius 2 is 2.29 bits per heavy atom. The monoisotopic (exact) mass is 325 g/mol. The van der Waals surface area contributed by atoms with Gasteiger partial charge in [0.1, 0.15) is 17.2 Å². The van der Waals surface area contributed by atoms with E-state index in [1.165, 1.54) is 11.3 Å². The third-order valence-corrected chi connectivity index (χ3v) is 4.67. The number of hydrogen-bond acceptors (Lipinski definition) is 6. The number of aromatic nitrogens is 1. The zero-order valence-electron chi connectivity index (χ0n) is 11.4. The van der Waals surface area contributed by atoms with Gasteiger partial charge in [-0.15, -0.1) is 11.3 Å². The van der Waals surface area contributed by atoms with E-state index in [9.17, 15) is 8.42 Å². The molecule has 2 heterocycles. The molecule has 0 bridgehead atoms. The topological polar surface area (TPSA) is 98.2 Å². The summed E-state index contributed by atoms with van der Waals surface area (Å²) in [6.45, 7) is 2.25. The molecule has 2 aromatic heterocycles. The summed E-state index contributed by atoms with van der Waals surface area (Å²) >= 11 is 1.45. The van der Waals surface area contributed by atoms with Crippen molar-refractivity contribution in [3.05, 3.63) is 39.4 Å². The molecule has 0 saturated heterocycles. The molecule has 8 heteroatoms. The van der Waals surface area contributed by atoms with E-state index < -0.39 is 10.0 Å². The second-order valence-electron chi connectivity index (χ2n) is 4.32. The van der Waals surface area contributed by atoms with Gasteiger partial charge in [-0.2, -0.15) is 0 Å². The minimum Gasteiger partial charge on any atom is -0.361 e. The highest BCUT2D eigenvalue weighted by molar-refractivity contribution is 7.88. The first kappa shape index (κ1) is 15.7. The molecular weight excluding hydrogens is 310 g/mol. The number of rotatable bonds is 5. The summed E-state index contributed by atoms with van der Waals surface area (Å²) < 4.78 is 31.2. The van der Waals surface area contributed by atoms with E-state index in [0.29, 0.717) is 18.0 Å². The van der Waals surface area contributed by atoms with Crippen LogP contribution in [0.4, 0.5) is 0 Å². The minimum absolute atomic E-state index is 0.199. The molecular formula is C13H15N3O3S2. The number of thiophene rings is 1. The molecule has 0 aliphatic heterocycles. The predicted molar refractivity (Wildman–Crippen MR) is 81.0 cm³/mol. The zero-order chi connectivity index (χ0) is 15.3. The Hall–Kier alpha value is -1.66. The lowest BCUT2D eigenvalue weighted by Crippen LogP contribution is -2.24. The molecule has 0 saturated carbocycles. The maximum absolute atomic E-state index is 11.9. The first-order valence-electron chi connectivity index (χ1n) is 6.14. The molecule has 0 spiro atoms. The van der Waals surface area contributed by atoms with E-state index >= 15 is 0 Å². The summed E-state index contributed by atoms with van der Waals surface area (Å²) in [5.74, 6) is 6.04. The lowest BCUT2D eigenvalue weighted by atomic mass is 10.3. The van der Waals surface area contributed by atoms with Gasteiger partial charge in [-0.3, -0.25) is 0 Å². The Kier molecular flexibility index (Phi) is 5.14. The van der Waals surface area contributed by atoms with Crippen LogP contribution in [0.1, 0.15) is 21.9 Å². The summed E-state index contributed by atoms with van der Waals surface area (Å²) in [5, 5.41) is 5.54. The third kappa shape index (κ3) is 4.99. The fraction of sp³-hybridized carbons (Fsp3) is 0.308. The molecule has 0 aromatic carbocycles. The van der Waals surface area contributed by atoms with Crippen LogP contribution in [0.5, 0.6) is 0 Å². The highest BCUT2D eigenvalue weighted by atomic mass is 32.2. The zero-order valence-corrected chi connectivity index (χ0v) is 13.1. The second-order valence-corrected chi connectivity index (χ2v) is 7.12. The van der Waals surface area contributed by atoms with Crippen LogP contribution in [0, 0.1) is 18.8 Å². The van der Waals surface area contributed by atoms with Gasteiger partial charge >= 0.3 is 0 Å². The van der Waals surface area contributed by atoms with E-state index in [0.717, 1.165) is 10.4 Å². The number of sulfonamides is 1. The van der Waals surface area contributed by atoms with Gasteiger partial charge in [-0.05, 0) is 13.0 Å². The molecule has 21 heavy (non-hydrogen) atoms. The van der Waals surface area contributed by atoms with Gasteiger partial charge in [-0.1, -0.05) is 17.0 Å². The summed E-state index contributed by atoms with van der Waals surface area (Å²) in [7, 11) is -3.45. The summed E-state index contributed by atoms with van der Waals surface area (Å²) in [4.78, 5) is 0.885. The van der Waals surface area contributed by atoms with Crippen molar-refractivity contribution >= 4 is 21.4 Å². The largest absolute Gasteiger partial charge is 0.361 e. The molecule has 6 nitrogen and oxygen atoms in total. The molecule has 0 aliphatic carbocycles. The van der Waals surface area contributed by atoms with Crippen molar-refractivity contribution in [3.63, 3.8) is 0 Å². The lowest BCUT2D eigenvalue weighted by Gasteiger charge is -2.02. The van der Waals surface area contributed by atoms with E-state index in [-0.39, 0.29) is 12.3 Å². The lowest BCUT2D eigenvalue weighted by molar-refractivity contribution is 0.392. The van der Waals surface area contributed by atoms with Crippen LogP contribution >= 0.6 is 11.3 Å². The normalized spacial score (nSPS) is 11.1. The van der Waals surface area contributed by atoms with E-state index in [4.69, 9.17) is 10.3 Å². The third-order valence-electron chi connectivity index (χ3n) is 2.47. The van der Waals surface area contributed by atoms with Crippen LogP contribution < -0.4 is 10.5 Å². The molecule has 0 radical (unpaired) electrons. The van der Waals surface area contributed by atoms with Gasteiger partial charge in [0, 0.05) is 28.4 Å². The van der Waals surface area contributed by atoms with Crippen molar-refractivity contribution in [1.29, 1.82) is 0 Å². The van der Waals surface area contributed by atoms with Crippen LogP contribution in [-0.2, 0) is 22.3 Å². The minimum atomic E-state index is -3.45. The average molecular weight is 325 g/mol. The standard InChI is InChI=1S/C13H15N3O3S2/c1-10-5-12(16-19-10)9-21(17,18)15-7-13-6-11(8-20-13)3-2-4-14/h5-6,8,15H,4,7,9,14H2,1H3. The summed E-state index contributed by atoms with van der Waals surface area (Å²) in [5.41, 5.74) is 6.53. The first-order valence-corrected chi connectivity index (χ1v) is 8.67. The Balaban J connectivity index is 1.93. The van der Waals surface area contributed by atoms with Crippen molar-refractivity contribution in [2.24, 2.45) is 5.73 Å². The molecule has 0 unspecified atom stereocenters. The second kappa shape index (κ2) is 6.87. The maximum atomic E-state index is 11.9. The Morgan fingerprint density at radius 3 is 2.95 bits per heavy atom. The molecule has 0 amide bonds. The van der Waals surface area contributed by atoms with E-state index in [1.807, 2.05) is 11.4 Å². The first-order chi connectivity index (χ1) is 9.98. The Morgan fingerprint density at radius 1 is 1.48 bits per heavy atom. The highest BCUT2D eigenvalue weighted by Gasteiger charge is 2.14. The van der Waals surface area contributed by atoms with Gasteiger partial charge in [-0.25, -0.2) is 13.1 Å². The van der Waals surface area contributed by atoms with Crippen LogP contribution in [-0.4, -0.2) is 20.1 Å². The van der Waals surface area contributed by atoms with Gasteiger partial charge < -0.3 is 10.3 Å². The van der Waals surface area contributed by atoms with E-state index in [1.54, 1.807) is 13.0 Å². The molecule has 2 aromatic rings. The number of nitrogens with two attached hydrogens (primary N) is 1. The van der Waals surface area contributed by atoms with Gasteiger partial charge in [0.2, 0.25) is 10.0 Å². The van der Waals surface area contributed by atoms with Gasteiger partial charge in [0.05, 0.1) is 6.54 Å². The van der Waals surface area contributed by atoms with E-state index in [2.05, 4.69) is 21.7 Å². The van der Waals surface area contributed by atoms with Crippen molar-refractivity contribution in [3.8, 4) is 11.8 Å². The van der Waals surface area contributed by atoms with Crippen molar-refractivity contribution in [1.82, 2.24) is 9.88 Å². The number of nitrogens with one attached hydrogen (secondary N) is 1. The van der Waals surface area contributed by atoms with Crippen molar-refractivity contribution in [2.75, 3.05) is 6.54 Å². The molecule has 0 aliphatic rings. The van der Waals surface area contributed by atoms with Gasteiger partial charge in [0.15, 0.2) is 0 Å². The smallest absolute Gasteiger partial charge is 0.217 e. The molecule has 3 N–H and O–H groups in total. The van der Waals surface area contributed by atoms with Gasteiger partial charge in [0.25, 0.3) is 0 Å². The quantitative estimate of drug-likeness (QED) is 0.798. The van der Waals surface area contributed by atoms with Crippen molar-refractivity contribution in [2.45, 2.75) is 19.2 Å². The summed E-state index contributed by atoms with van der Waals surface area (Å²) in [6, 6.07) is 3.45. The maximum Gasteiger partial charge on any atom is 0.217 e. The SMILES string of the molecule is Cc1cc(CS(=O)(=O)NCc2cc(C#CCN)cs2)no1. The number of hydrogen-bond donors (Lipinski definition) is 2. The van der Waals surface area contributed by atoms with Crippen LogP contribution in [0.25, 0.3) is 0 Å². The Bertz CT molecular complexity index is 766. The van der Waals surface area contributed by atoms with Crippen LogP contribution in [0.3, 0.4) is 0 Å². The van der Waals surface area contributed by atoms with Crippen molar-refractivity contribution < 1.29 is 12.9 Å². The predicted octanol–water partition coefficient (Wildman–Crippen LogP) is 0.974. The molecule has 112 valence electrons. The molecule has 0 atom stereocenters. The number of aryl methyl sites for hydroxylation is 1. The molecule has 0 fully saturated rings. The fourth-order valence-corrected chi connectivity index (χ4v) is 3.45. The summed E-state index contributed by atoms with van der Waals surface area (Å²) in [6.07, 6.45) is 0. The number of nitrogens with zero attached hydrogens (tertiary/aromatic N) is 1. The fourth-order valence-electron chi connectivity index (χ4n) is 1.60. The average Bonchev–Trinajstić information content (AvgIpc) is 3.03.